The second kappa shape index (κ2) is 4.85. The maximum atomic E-state index is 5.57. The van der Waals surface area contributed by atoms with Crippen LogP contribution >= 0.6 is 0 Å². The Bertz CT molecular complexity index is 66.8. The summed E-state index contributed by atoms with van der Waals surface area (Å²) in [7, 11) is 0. The van der Waals surface area contributed by atoms with Gasteiger partial charge in [0.15, 0.2) is 0 Å². The van der Waals surface area contributed by atoms with E-state index in [2.05, 4.69) is 26.0 Å². The molecule has 1 atom stereocenters. The normalized spacial score (nSPS) is 14.9. The van der Waals surface area contributed by atoms with Crippen molar-refractivity contribution >= 4 is 0 Å². The molecule has 1 nitrogen and oxygen atoms in total. The van der Waals surface area contributed by atoms with E-state index >= 15 is 0 Å². The van der Waals surface area contributed by atoms with Gasteiger partial charge in [-0.2, -0.15) is 0 Å². The van der Waals surface area contributed by atoms with Gasteiger partial charge in [-0.1, -0.05) is 26.0 Å². The summed E-state index contributed by atoms with van der Waals surface area (Å²) in [6, 6.07) is 0.273. The second-order valence-corrected chi connectivity index (χ2v) is 1.91. The highest BCUT2D eigenvalue weighted by atomic mass is 14.6. The Morgan fingerprint density at radius 1 is 1.50 bits per heavy atom. The molecule has 0 fully saturated rings. The number of nitrogens with two attached hydrogens (primary N) is 1. The number of hydrogen-bond acceptors (Lipinski definition) is 1. The Morgan fingerprint density at radius 3 is 2.50 bits per heavy atom. The van der Waals surface area contributed by atoms with Crippen LogP contribution in [0.25, 0.3) is 0 Å². The molecule has 0 heterocycles. The molecular formula is C7H15N. The van der Waals surface area contributed by atoms with Crippen LogP contribution in [0.3, 0.4) is 0 Å². The molecule has 0 aromatic heterocycles. The van der Waals surface area contributed by atoms with Gasteiger partial charge in [-0.25, -0.2) is 0 Å². The van der Waals surface area contributed by atoms with Gasteiger partial charge in [-0.05, 0) is 12.8 Å². The third-order valence-electron chi connectivity index (χ3n) is 1.09. The predicted molar refractivity (Wildman–Crippen MR) is 37.7 cm³/mol. The van der Waals surface area contributed by atoms with E-state index in [4.69, 9.17) is 5.73 Å². The van der Waals surface area contributed by atoms with Gasteiger partial charge in [0.2, 0.25) is 0 Å². The molecular weight excluding hydrogens is 98.1 g/mol. The molecule has 0 aromatic rings. The maximum Gasteiger partial charge on any atom is 0.0221 e. The SMILES string of the molecule is CC/C=C/C(N)CC. The van der Waals surface area contributed by atoms with Crippen molar-refractivity contribution in [2.24, 2.45) is 5.73 Å². The maximum absolute atomic E-state index is 5.57. The fourth-order valence-corrected chi connectivity index (χ4v) is 0.447. The van der Waals surface area contributed by atoms with Crippen LogP contribution in [0, 0.1) is 0 Å². The Balaban J connectivity index is 3.21. The molecule has 0 bridgehead atoms. The summed E-state index contributed by atoms with van der Waals surface area (Å²) in [5.74, 6) is 0. The van der Waals surface area contributed by atoms with Crippen LogP contribution in [0.15, 0.2) is 12.2 Å². The van der Waals surface area contributed by atoms with Gasteiger partial charge in [0, 0.05) is 6.04 Å². The highest BCUT2D eigenvalue weighted by Gasteiger charge is 1.86. The second-order valence-electron chi connectivity index (χ2n) is 1.91. The molecule has 8 heavy (non-hydrogen) atoms. The zero-order chi connectivity index (χ0) is 6.41. The minimum absolute atomic E-state index is 0.273. The first-order valence-corrected chi connectivity index (χ1v) is 3.23. The topological polar surface area (TPSA) is 26.0 Å². The smallest absolute Gasteiger partial charge is 0.0221 e. The van der Waals surface area contributed by atoms with E-state index in [1.54, 1.807) is 0 Å². The molecule has 0 radical (unpaired) electrons. The predicted octanol–water partition coefficient (Wildman–Crippen LogP) is 1.69. The first-order valence-electron chi connectivity index (χ1n) is 3.23. The Kier molecular flexibility index (Phi) is 4.67. The Hall–Kier alpha value is -0.300. The summed E-state index contributed by atoms with van der Waals surface area (Å²) >= 11 is 0. The molecule has 0 spiro atoms. The van der Waals surface area contributed by atoms with Gasteiger partial charge in [-0.3, -0.25) is 0 Å². The molecule has 0 aromatic carbocycles. The van der Waals surface area contributed by atoms with Gasteiger partial charge < -0.3 is 5.73 Å². The molecule has 48 valence electrons. The monoisotopic (exact) mass is 113 g/mol. The number of hydrogen-bond donors (Lipinski definition) is 1. The minimum atomic E-state index is 0.273. The molecule has 0 rings (SSSR count). The molecule has 0 aliphatic rings. The highest BCUT2D eigenvalue weighted by molar-refractivity contribution is 4.89. The average Bonchev–Trinajstić information content (AvgIpc) is 1.83. The molecule has 1 unspecified atom stereocenters. The number of rotatable bonds is 3. The zero-order valence-corrected chi connectivity index (χ0v) is 5.72. The third kappa shape index (κ3) is 3.88. The van der Waals surface area contributed by atoms with E-state index in [1.165, 1.54) is 0 Å². The van der Waals surface area contributed by atoms with Gasteiger partial charge in [-0.15, -0.1) is 0 Å². The first kappa shape index (κ1) is 7.70. The summed E-state index contributed by atoms with van der Waals surface area (Å²) in [6.07, 6.45) is 6.29. The lowest BCUT2D eigenvalue weighted by atomic mass is 10.2. The van der Waals surface area contributed by atoms with Crippen molar-refractivity contribution in [3.63, 3.8) is 0 Å². The van der Waals surface area contributed by atoms with Crippen LogP contribution in [-0.2, 0) is 0 Å². The van der Waals surface area contributed by atoms with Crippen molar-refractivity contribution in [2.45, 2.75) is 32.7 Å². The van der Waals surface area contributed by atoms with E-state index in [0.29, 0.717) is 0 Å². The van der Waals surface area contributed by atoms with Crippen molar-refractivity contribution in [1.29, 1.82) is 0 Å². The Morgan fingerprint density at radius 2 is 2.12 bits per heavy atom. The molecule has 0 amide bonds. The zero-order valence-electron chi connectivity index (χ0n) is 5.72. The fraction of sp³-hybridized carbons (Fsp3) is 0.714. The van der Waals surface area contributed by atoms with Crippen LogP contribution in [0.5, 0.6) is 0 Å². The molecule has 0 saturated heterocycles. The summed E-state index contributed by atoms with van der Waals surface area (Å²) in [6.45, 7) is 4.20. The molecule has 2 N–H and O–H groups in total. The number of allylic oxidation sites excluding steroid dienone is 1. The lowest BCUT2D eigenvalue weighted by Crippen LogP contribution is -2.14. The van der Waals surface area contributed by atoms with Crippen molar-refractivity contribution < 1.29 is 0 Å². The van der Waals surface area contributed by atoms with E-state index in [1.807, 2.05) is 0 Å². The van der Waals surface area contributed by atoms with E-state index < -0.39 is 0 Å². The largest absolute Gasteiger partial charge is 0.324 e. The van der Waals surface area contributed by atoms with Gasteiger partial charge in [0.25, 0.3) is 0 Å². The molecule has 1 heteroatoms. The highest BCUT2D eigenvalue weighted by Crippen LogP contribution is 1.88. The minimum Gasteiger partial charge on any atom is -0.324 e. The standard InChI is InChI=1S/C7H15N/c1-3-5-6-7(8)4-2/h5-7H,3-4,8H2,1-2H3/b6-5+. The van der Waals surface area contributed by atoms with Crippen LogP contribution in [-0.4, -0.2) is 6.04 Å². The first-order chi connectivity index (χ1) is 3.81. The molecule has 0 aliphatic carbocycles. The summed E-state index contributed by atoms with van der Waals surface area (Å²) in [4.78, 5) is 0. The van der Waals surface area contributed by atoms with Crippen molar-refractivity contribution in [3.05, 3.63) is 12.2 Å². The van der Waals surface area contributed by atoms with E-state index in [-0.39, 0.29) is 6.04 Å². The van der Waals surface area contributed by atoms with Gasteiger partial charge >= 0.3 is 0 Å². The summed E-state index contributed by atoms with van der Waals surface area (Å²) in [5, 5.41) is 0. The molecule has 0 aliphatic heterocycles. The van der Waals surface area contributed by atoms with E-state index in [9.17, 15) is 0 Å². The van der Waals surface area contributed by atoms with Crippen molar-refractivity contribution in [2.75, 3.05) is 0 Å². The van der Waals surface area contributed by atoms with Crippen LogP contribution in [0.4, 0.5) is 0 Å². The third-order valence-corrected chi connectivity index (χ3v) is 1.09. The van der Waals surface area contributed by atoms with E-state index in [0.717, 1.165) is 12.8 Å². The summed E-state index contributed by atoms with van der Waals surface area (Å²) in [5.41, 5.74) is 5.57. The lowest BCUT2D eigenvalue weighted by Gasteiger charge is -1.97. The quantitative estimate of drug-likeness (QED) is 0.554. The Labute approximate surface area is 51.6 Å². The summed E-state index contributed by atoms with van der Waals surface area (Å²) < 4.78 is 0. The fourth-order valence-electron chi connectivity index (χ4n) is 0.447. The van der Waals surface area contributed by atoms with Crippen LogP contribution in [0.1, 0.15) is 26.7 Å². The molecule has 0 saturated carbocycles. The van der Waals surface area contributed by atoms with Gasteiger partial charge in [0.1, 0.15) is 0 Å². The van der Waals surface area contributed by atoms with Crippen molar-refractivity contribution in [3.8, 4) is 0 Å². The van der Waals surface area contributed by atoms with Crippen molar-refractivity contribution in [1.82, 2.24) is 0 Å². The van der Waals surface area contributed by atoms with Gasteiger partial charge in [0.05, 0.1) is 0 Å². The average molecular weight is 113 g/mol. The van der Waals surface area contributed by atoms with Crippen LogP contribution < -0.4 is 5.73 Å². The lowest BCUT2D eigenvalue weighted by molar-refractivity contribution is 0.779. The van der Waals surface area contributed by atoms with Crippen LogP contribution in [0.2, 0.25) is 0 Å².